The van der Waals surface area contributed by atoms with Crippen LogP contribution in [0.5, 0.6) is 0 Å². The van der Waals surface area contributed by atoms with Crippen molar-refractivity contribution in [1.29, 1.82) is 0 Å². The molecule has 4 aromatic rings. The Morgan fingerprint density at radius 2 is 2.00 bits per heavy atom. The van der Waals surface area contributed by atoms with E-state index in [0.29, 0.717) is 42.3 Å². The molecule has 14 nitrogen and oxygen atoms in total. The Kier molecular flexibility index (Phi) is 5.39. The second-order valence-corrected chi connectivity index (χ2v) is 7.79. The second-order valence-electron chi connectivity index (χ2n) is 7.79. The van der Waals surface area contributed by atoms with Crippen LogP contribution in [0.25, 0.3) is 11.2 Å². The van der Waals surface area contributed by atoms with Gasteiger partial charge in [0.25, 0.3) is 5.89 Å². The zero-order valence-corrected chi connectivity index (χ0v) is 18.0. The van der Waals surface area contributed by atoms with Crippen molar-refractivity contribution in [2.24, 2.45) is 7.05 Å². The number of aliphatic hydroxyl groups excluding tert-OH is 2. The maximum absolute atomic E-state index is 10.7. The number of hydrogen-bond acceptors (Lipinski definition) is 12. The Hall–Kier alpha value is -3.62. The number of hydrogen-bond donors (Lipinski definition) is 4. The van der Waals surface area contributed by atoms with Crippen LogP contribution >= 0.6 is 0 Å². The number of nitrogens with zero attached hydrogens (tertiary/aromatic N) is 8. The van der Waals surface area contributed by atoms with Gasteiger partial charge in [0.1, 0.15) is 17.7 Å². The van der Waals surface area contributed by atoms with Gasteiger partial charge in [-0.3, -0.25) is 4.57 Å². The molecule has 1 aliphatic rings. The number of nitrogens with one attached hydrogen (secondary N) is 1. The fourth-order valence-corrected chi connectivity index (χ4v) is 3.72. The lowest BCUT2D eigenvalue weighted by atomic mass is 10.1. The highest BCUT2D eigenvalue weighted by molar-refractivity contribution is 5.83. The molecule has 0 aromatic carbocycles. The molecule has 4 atom stereocenters. The first-order valence-electron chi connectivity index (χ1n) is 10.5. The summed E-state index contributed by atoms with van der Waals surface area (Å²) in [4.78, 5) is 21.5. The lowest BCUT2D eigenvalue weighted by molar-refractivity contribution is -0.0451. The van der Waals surface area contributed by atoms with Crippen molar-refractivity contribution in [1.82, 2.24) is 39.2 Å². The van der Waals surface area contributed by atoms with E-state index in [1.807, 2.05) is 24.7 Å². The van der Waals surface area contributed by atoms with Gasteiger partial charge in [0.2, 0.25) is 5.95 Å². The van der Waals surface area contributed by atoms with E-state index in [1.165, 1.54) is 10.9 Å². The van der Waals surface area contributed by atoms with Crippen LogP contribution in [0.2, 0.25) is 0 Å². The number of aliphatic hydroxyl groups is 2. The first-order valence-corrected chi connectivity index (χ1v) is 10.5. The van der Waals surface area contributed by atoms with E-state index in [0.717, 1.165) is 5.69 Å². The van der Waals surface area contributed by atoms with Crippen LogP contribution in [0.1, 0.15) is 36.7 Å². The van der Waals surface area contributed by atoms with Crippen molar-refractivity contribution in [2.45, 2.75) is 44.3 Å². The molecule has 0 aliphatic carbocycles. The molecular formula is C19H24N10O4. The van der Waals surface area contributed by atoms with Gasteiger partial charge >= 0.3 is 0 Å². The van der Waals surface area contributed by atoms with Crippen molar-refractivity contribution < 1.29 is 19.5 Å². The number of nitrogens with two attached hydrogens (primary N) is 1. The molecule has 4 aromatic heterocycles. The third kappa shape index (κ3) is 3.88. The monoisotopic (exact) mass is 456 g/mol. The average molecular weight is 456 g/mol. The van der Waals surface area contributed by atoms with Gasteiger partial charge in [-0.2, -0.15) is 15.0 Å². The van der Waals surface area contributed by atoms with Gasteiger partial charge in [0.05, 0.1) is 18.3 Å². The van der Waals surface area contributed by atoms with Gasteiger partial charge in [-0.1, -0.05) is 12.1 Å². The normalized spacial score (nSPS) is 22.9. The number of imidazole rings is 2. The fraction of sp³-hybridized carbons (Fsp3) is 0.474. The standard InChI is InChI=1S/C19H24N10O4/c1-3-10-24-17(33-27-10)14-12(30)13(31)18(32-14)29-8-23-11-15(20)25-19(26-16(11)29)21-5-4-9-6-28(2)7-22-9/h6-8,12-14,18,30-31H,3-5H2,1-2H3,(H3,20,21,25,26). The number of aryl methyl sites for hydroxylation is 2. The molecule has 0 amide bonds. The number of nitrogen functional groups attached to an aromatic ring is 1. The Bertz CT molecular complexity index is 1270. The Balaban J connectivity index is 1.38. The van der Waals surface area contributed by atoms with Crippen LogP contribution in [-0.2, 0) is 24.6 Å². The van der Waals surface area contributed by atoms with E-state index < -0.39 is 24.5 Å². The minimum atomic E-state index is -1.29. The molecule has 5 heterocycles. The molecule has 14 heteroatoms. The lowest BCUT2D eigenvalue weighted by Crippen LogP contribution is -2.29. The molecule has 0 spiro atoms. The summed E-state index contributed by atoms with van der Waals surface area (Å²) in [5, 5.41) is 28.2. The molecule has 4 unspecified atom stereocenters. The van der Waals surface area contributed by atoms with Gasteiger partial charge in [0.15, 0.2) is 29.6 Å². The maximum atomic E-state index is 10.7. The first-order chi connectivity index (χ1) is 15.9. The highest BCUT2D eigenvalue weighted by Gasteiger charge is 2.47. The van der Waals surface area contributed by atoms with E-state index in [9.17, 15) is 10.2 Å². The number of ether oxygens (including phenoxy) is 1. The minimum absolute atomic E-state index is 0.0938. The molecule has 33 heavy (non-hydrogen) atoms. The topological polar surface area (TPSA) is 188 Å². The van der Waals surface area contributed by atoms with Crippen molar-refractivity contribution in [3.8, 4) is 0 Å². The summed E-state index contributed by atoms with van der Waals surface area (Å²) >= 11 is 0. The van der Waals surface area contributed by atoms with E-state index >= 15 is 0 Å². The van der Waals surface area contributed by atoms with Crippen LogP contribution in [0.15, 0.2) is 23.4 Å². The summed E-state index contributed by atoms with van der Waals surface area (Å²) in [5.41, 5.74) is 7.71. The van der Waals surface area contributed by atoms with E-state index in [-0.39, 0.29) is 11.7 Å². The molecule has 5 N–H and O–H groups in total. The minimum Gasteiger partial charge on any atom is -0.387 e. The van der Waals surface area contributed by atoms with Crippen molar-refractivity contribution in [2.75, 3.05) is 17.6 Å². The van der Waals surface area contributed by atoms with Gasteiger partial charge in [-0.25, -0.2) is 9.97 Å². The SMILES string of the molecule is CCc1noc(C2OC(n3cnc4c(N)nc(NCCc5cn(C)cn5)nc43)C(O)C2O)n1. The Morgan fingerprint density at radius 3 is 2.73 bits per heavy atom. The van der Waals surface area contributed by atoms with Crippen LogP contribution in [-0.4, -0.2) is 68.2 Å². The molecule has 0 bridgehead atoms. The molecule has 5 rings (SSSR count). The van der Waals surface area contributed by atoms with Crippen LogP contribution in [0, 0.1) is 0 Å². The molecule has 174 valence electrons. The summed E-state index contributed by atoms with van der Waals surface area (Å²) in [5.74, 6) is 1.05. The number of anilines is 2. The summed E-state index contributed by atoms with van der Waals surface area (Å²) in [6.07, 6.45) is 1.77. The molecule has 1 aliphatic heterocycles. The van der Waals surface area contributed by atoms with Gasteiger partial charge < -0.3 is 35.1 Å². The zero-order valence-electron chi connectivity index (χ0n) is 18.0. The van der Waals surface area contributed by atoms with E-state index in [4.69, 9.17) is 15.0 Å². The highest BCUT2D eigenvalue weighted by Crippen LogP contribution is 2.39. The van der Waals surface area contributed by atoms with Crippen LogP contribution in [0.3, 0.4) is 0 Å². The Morgan fingerprint density at radius 1 is 1.15 bits per heavy atom. The van der Waals surface area contributed by atoms with Gasteiger partial charge in [0, 0.05) is 32.6 Å². The average Bonchev–Trinajstić information content (AvgIpc) is 3.57. The summed E-state index contributed by atoms with van der Waals surface area (Å²) in [6, 6.07) is 0. The predicted octanol–water partition coefficient (Wildman–Crippen LogP) is -0.266. The van der Waals surface area contributed by atoms with E-state index in [2.05, 4.69) is 35.4 Å². The predicted molar refractivity (Wildman–Crippen MR) is 114 cm³/mol. The number of rotatable bonds is 7. The third-order valence-electron chi connectivity index (χ3n) is 5.43. The maximum Gasteiger partial charge on any atom is 0.258 e. The molecular weight excluding hydrogens is 432 g/mol. The van der Waals surface area contributed by atoms with Crippen molar-refractivity contribution in [3.63, 3.8) is 0 Å². The molecule has 0 radical (unpaired) electrons. The summed E-state index contributed by atoms with van der Waals surface area (Å²) < 4.78 is 14.5. The van der Waals surface area contributed by atoms with Crippen LogP contribution in [0.4, 0.5) is 11.8 Å². The quantitative estimate of drug-likeness (QED) is 0.285. The van der Waals surface area contributed by atoms with Gasteiger partial charge in [-0.05, 0) is 0 Å². The molecule has 1 fully saturated rings. The lowest BCUT2D eigenvalue weighted by Gasteiger charge is -2.16. The fourth-order valence-electron chi connectivity index (χ4n) is 3.72. The smallest absolute Gasteiger partial charge is 0.258 e. The highest BCUT2D eigenvalue weighted by atomic mass is 16.6. The third-order valence-corrected chi connectivity index (χ3v) is 5.43. The van der Waals surface area contributed by atoms with Crippen molar-refractivity contribution >= 4 is 22.9 Å². The molecule has 0 saturated carbocycles. The first kappa shape index (κ1) is 21.2. The van der Waals surface area contributed by atoms with Crippen molar-refractivity contribution in [3.05, 3.63) is 36.3 Å². The summed E-state index contributed by atoms with van der Waals surface area (Å²) in [6.45, 7) is 2.41. The van der Waals surface area contributed by atoms with E-state index in [1.54, 1.807) is 6.33 Å². The Labute approximate surface area is 187 Å². The molecule has 1 saturated heterocycles. The summed E-state index contributed by atoms with van der Waals surface area (Å²) in [7, 11) is 1.91. The largest absolute Gasteiger partial charge is 0.387 e. The zero-order chi connectivity index (χ0) is 23.1. The van der Waals surface area contributed by atoms with Crippen LogP contribution < -0.4 is 11.1 Å². The second kappa shape index (κ2) is 8.38. The number of aromatic nitrogens is 8. The number of fused-ring (bicyclic) bond motifs is 1. The van der Waals surface area contributed by atoms with Gasteiger partial charge in [-0.15, -0.1) is 0 Å².